The van der Waals surface area contributed by atoms with Gasteiger partial charge in [-0.25, -0.2) is 0 Å². The SMILES string of the molecule is [Na+].[OH-].[OH-].[OH-].[OH-].[Re]. The van der Waals surface area contributed by atoms with Crippen LogP contribution in [-0.4, -0.2) is 21.9 Å². The third kappa shape index (κ3) is 49.4. The van der Waals surface area contributed by atoms with E-state index in [0.29, 0.717) is 0 Å². The molecular weight excluding hydrogens is 273 g/mol. The Balaban J connectivity index is 0. The van der Waals surface area contributed by atoms with Crippen molar-refractivity contribution in [2.75, 3.05) is 0 Å². The summed E-state index contributed by atoms with van der Waals surface area (Å²) in [4.78, 5) is 0. The molecule has 39 valence electrons. The van der Waals surface area contributed by atoms with Gasteiger partial charge in [-0.15, -0.1) is 0 Å². The van der Waals surface area contributed by atoms with Crippen molar-refractivity contribution in [1.82, 2.24) is 0 Å². The second-order valence-electron chi connectivity index (χ2n) is 0. The Morgan fingerprint density at radius 1 is 0.500 bits per heavy atom. The molecule has 0 aliphatic rings. The molecule has 0 spiro atoms. The molecule has 4 N–H and O–H groups in total. The van der Waals surface area contributed by atoms with Gasteiger partial charge in [0.05, 0.1) is 0 Å². The van der Waals surface area contributed by atoms with Gasteiger partial charge in [0.15, 0.2) is 0 Å². The Morgan fingerprint density at radius 3 is 0.500 bits per heavy atom. The van der Waals surface area contributed by atoms with Gasteiger partial charge in [-0.3, -0.25) is 0 Å². The standard InChI is InChI=1S/Na.4H2O.Re/h;4*1H2;/q+1;;;;;/p-4. The van der Waals surface area contributed by atoms with E-state index in [0.717, 1.165) is 0 Å². The van der Waals surface area contributed by atoms with Crippen molar-refractivity contribution in [1.29, 1.82) is 0 Å². The topological polar surface area (TPSA) is 120 Å². The molecule has 0 rings (SSSR count). The van der Waals surface area contributed by atoms with Crippen molar-refractivity contribution in [3.8, 4) is 0 Å². The molecule has 0 unspecified atom stereocenters. The van der Waals surface area contributed by atoms with Gasteiger partial charge < -0.3 is 21.9 Å². The summed E-state index contributed by atoms with van der Waals surface area (Å²) in [6, 6.07) is 0. The second kappa shape index (κ2) is 87.2. The molecule has 0 aromatic carbocycles. The molecule has 0 amide bonds. The first-order valence-electron chi connectivity index (χ1n) is 0. The quantitative estimate of drug-likeness (QED) is 0.423. The minimum absolute atomic E-state index is 0. The summed E-state index contributed by atoms with van der Waals surface area (Å²) < 4.78 is 0. The molecule has 0 aliphatic heterocycles. The van der Waals surface area contributed by atoms with Crippen LogP contribution in [0.25, 0.3) is 0 Å². The summed E-state index contributed by atoms with van der Waals surface area (Å²) in [6.07, 6.45) is 0. The summed E-state index contributed by atoms with van der Waals surface area (Å²) in [6.45, 7) is 0. The smallest absolute Gasteiger partial charge is 0.870 e. The zero-order valence-electron chi connectivity index (χ0n) is 3.17. The van der Waals surface area contributed by atoms with Crippen LogP contribution < -0.4 is 29.6 Å². The average molecular weight is 277 g/mol. The Bertz CT molecular complexity index is 7.51. The third-order valence-electron chi connectivity index (χ3n) is 0. The van der Waals surface area contributed by atoms with Crippen LogP contribution in [0.4, 0.5) is 0 Å². The zero-order chi connectivity index (χ0) is 0. The minimum Gasteiger partial charge on any atom is -0.870 e. The van der Waals surface area contributed by atoms with Gasteiger partial charge in [0, 0.05) is 20.4 Å². The molecule has 0 aromatic heterocycles. The molecule has 0 bridgehead atoms. The molecule has 0 fully saturated rings. The summed E-state index contributed by atoms with van der Waals surface area (Å²) in [5.74, 6) is 0. The monoisotopic (exact) mass is 278 g/mol. The molecule has 0 aliphatic carbocycles. The normalized spacial score (nSPS) is 0. The minimum atomic E-state index is 0. The fourth-order valence-corrected chi connectivity index (χ4v) is 0. The number of hydrogen-bond donors (Lipinski definition) is 0. The van der Waals surface area contributed by atoms with E-state index in [1.54, 1.807) is 0 Å². The van der Waals surface area contributed by atoms with Gasteiger partial charge in [-0.1, -0.05) is 0 Å². The van der Waals surface area contributed by atoms with E-state index in [-0.39, 0.29) is 71.9 Å². The van der Waals surface area contributed by atoms with Crippen molar-refractivity contribution in [2.24, 2.45) is 0 Å². The van der Waals surface area contributed by atoms with Crippen LogP contribution in [0.3, 0.4) is 0 Å². The first-order valence-corrected chi connectivity index (χ1v) is 0. The predicted octanol–water partition coefficient (Wildman–Crippen LogP) is -3.71. The molecule has 0 saturated heterocycles. The molecule has 6 heavy (non-hydrogen) atoms. The predicted molar refractivity (Wildman–Crippen MR) is 7.74 cm³/mol. The van der Waals surface area contributed by atoms with Crippen LogP contribution in [0.15, 0.2) is 0 Å². The van der Waals surface area contributed by atoms with Crippen molar-refractivity contribution in [3.05, 3.63) is 0 Å². The summed E-state index contributed by atoms with van der Waals surface area (Å²) in [5.41, 5.74) is 0. The van der Waals surface area contributed by atoms with E-state index in [1.165, 1.54) is 0 Å². The van der Waals surface area contributed by atoms with Gasteiger partial charge in [0.1, 0.15) is 0 Å². The summed E-state index contributed by atoms with van der Waals surface area (Å²) in [7, 11) is 0. The average Bonchev–Trinajstić information content (AvgIpc) is 0. The maximum Gasteiger partial charge on any atom is 1.00 e. The van der Waals surface area contributed by atoms with Crippen LogP contribution in [0, 0.1) is 0 Å². The van der Waals surface area contributed by atoms with E-state index in [2.05, 4.69) is 0 Å². The van der Waals surface area contributed by atoms with E-state index in [4.69, 9.17) is 0 Å². The van der Waals surface area contributed by atoms with Crippen LogP contribution >= 0.6 is 0 Å². The van der Waals surface area contributed by atoms with Crippen LogP contribution in [0.5, 0.6) is 0 Å². The van der Waals surface area contributed by atoms with Crippen molar-refractivity contribution in [2.45, 2.75) is 0 Å². The zero-order valence-corrected chi connectivity index (χ0v) is 7.88. The molecule has 0 aromatic rings. The van der Waals surface area contributed by atoms with Gasteiger partial charge in [-0.05, 0) is 0 Å². The van der Waals surface area contributed by atoms with Crippen LogP contribution in [0.1, 0.15) is 0 Å². The molecule has 0 saturated carbocycles. The van der Waals surface area contributed by atoms with Gasteiger partial charge in [0.25, 0.3) is 0 Å². The van der Waals surface area contributed by atoms with Crippen LogP contribution in [0.2, 0.25) is 0 Å². The fraction of sp³-hybridized carbons (Fsp3) is 0. The van der Waals surface area contributed by atoms with E-state index < -0.39 is 0 Å². The Kier molecular flexibility index (Phi) is 2040. The molecule has 0 heterocycles. The molecular formula is H4NaO4Re-3. The summed E-state index contributed by atoms with van der Waals surface area (Å²) in [5, 5.41) is 0. The largest absolute Gasteiger partial charge is 1.00 e. The summed E-state index contributed by atoms with van der Waals surface area (Å²) >= 11 is 0. The van der Waals surface area contributed by atoms with Crippen molar-refractivity contribution in [3.63, 3.8) is 0 Å². The Hall–Kier alpha value is 1.50. The van der Waals surface area contributed by atoms with Gasteiger partial charge in [0.2, 0.25) is 0 Å². The van der Waals surface area contributed by atoms with Gasteiger partial charge >= 0.3 is 29.6 Å². The fourth-order valence-electron chi connectivity index (χ4n) is 0. The van der Waals surface area contributed by atoms with E-state index in [1.807, 2.05) is 0 Å². The molecule has 6 heteroatoms. The second-order valence-corrected chi connectivity index (χ2v) is 0. The molecule has 1 radical (unpaired) electrons. The first kappa shape index (κ1) is 141. The van der Waals surface area contributed by atoms with Crippen molar-refractivity contribution >= 4 is 0 Å². The Morgan fingerprint density at radius 2 is 0.500 bits per heavy atom. The maximum atomic E-state index is 0. The van der Waals surface area contributed by atoms with Gasteiger partial charge in [-0.2, -0.15) is 0 Å². The first-order chi connectivity index (χ1) is 0. The van der Waals surface area contributed by atoms with E-state index in [9.17, 15) is 0 Å². The van der Waals surface area contributed by atoms with Crippen LogP contribution in [-0.2, 0) is 20.4 Å². The maximum absolute atomic E-state index is 0. The molecule has 4 nitrogen and oxygen atoms in total. The number of rotatable bonds is 0. The molecule has 0 atom stereocenters. The van der Waals surface area contributed by atoms with E-state index >= 15 is 0 Å². The van der Waals surface area contributed by atoms with Crippen molar-refractivity contribution < 1.29 is 71.9 Å². The Labute approximate surface area is 71.5 Å². The number of hydrogen-bond acceptors (Lipinski definition) is 4. The third-order valence-corrected chi connectivity index (χ3v) is 0.